The van der Waals surface area contributed by atoms with Gasteiger partial charge in [0.1, 0.15) is 59.6 Å². The Morgan fingerprint density at radius 1 is 0.717 bits per heavy atom. The van der Waals surface area contributed by atoms with Gasteiger partial charge in [-0.15, -0.1) is 22.7 Å². The van der Waals surface area contributed by atoms with Crippen LogP contribution in [0.25, 0.3) is 0 Å². The molecule has 53 heavy (non-hydrogen) atoms. The molecular formula is C34H44Br2O15S2. The number of fused-ring (bicyclic) bond motifs is 6. The standard InChI is InChI=1S/C17H21BrO7S.C12H20O6.C5H3BrO2S/c1-15(2)22-10-6-21-17(8-20-14(19)11-5-9(18)7-26-11)13(12(10)23-15)24-16(3,4)25-17;1-10(2)15-7-5-14-12(6-13)9(8(7)16-10)17-11(3,4)18-12;6-3-1-4(5(7)8)9-2-3/h5,7,10,12-13H,6,8H2,1-4H3;7-9,13H,5-6H2,1-4H3;1-2H,(H,7,8)/t10-,12-,13+,17+;7-,8-,9+,12+;/m11./s1. The van der Waals surface area contributed by atoms with E-state index in [9.17, 15) is 14.7 Å². The molecule has 0 spiro atoms. The highest BCUT2D eigenvalue weighted by atomic mass is 79.9. The predicted octanol–water partition coefficient (Wildman–Crippen LogP) is 5.65. The van der Waals surface area contributed by atoms with E-state index in [2.05, 4.69) is 31.9 Å². The number of carbonyl (C=O) groups excluding carboxylic acids is 1. The molecule has 19 heteroatoms. The van der Waals surface area contributed by atoms with Crippen LogP contribution < -0.4 is 0 Å². The van der Waals surface area contributed by atoms with Crippen molar-refractivity contribution in [2.24, 2.45) is 0 Å². The highest BCUT2D eigenvalue weighted by Gasteiger charge is 2.67. The average Bonchev–Trinajstić information content (AvgIpc) is 3.88. The number of aliphatic hydroxyl groups is 1. The Bertz CT molecular complexity index is 1660. The first-order valence-corrected chi connectivity index (χ1v) is 20.2. The van der Waals surface area contributed by atoms with Crippen molar-refractivity contribution < 1.29 is 71.9 Å². The van der Waals surface area contributed by atoms with Crippen molar-refractivity contribution in [3.8, 4) is 0 Å². The number of aliphatic hydroxyl groups excluding tert-OH is 1. The third-order valence-corrected chi connectivity index (χ3v) is 12.1. The molecule has 0 radical (unpaired) electrons. The third-order valence-electron chi connectivity index (χ3n) is 8.72. The number of carboxylic acids is 1. The van der Waals surface area contributed by atoms with E-state index >= 15 is 0 Å². The first-order valence-electron chi connectivity index (χ1n) is 16.8. The van der Waals surface area contributed by atoms with Gasteiger partial charge in [-0.05, 0) is 99.4 Å². The molecule has 0 amide bonds. The van der Waals surface area contributed by atoms with Crippen LogP contribution in [0.4, 0.5) is 0 Å². The Kier molecular flexibility index (Phi) is 11.7. The Morgan fingerprint density at radius 2 is 1.17 bits per heavy atom. The summed E-state index contributed by atoms with van der Waals surface area (Å²) >= 11 is 8.99. The second kappa shape index (κ2) is 15.0. The summed E-state index contributed by atoms with van der Waals surface area (Å²) in [6, 6.07) is 3.29. The van der Waals surface area contributed by atoms with E-state index in [1.165, 1.54) is 22.7 Å². The lowest BCUT2D eigenvalue weighted by Gasteiger charge is -2.40. The van der Waals surface area contributed by atoms with Gasteiger partial charge >= 0.3 is 11.9 Å². The smallest absolute Gasteiger partial charge is 0.348 e. The quantitative estimate of drug-likeness (QED) is 0.352. The Hall–Kier alpha value is -1.14. The van der Waals surface area contributed by atoms with Crippen LogP contribution >= 0.6 is 54.5 Å². The van der Waals surface area contributed by atoms with E-state index < -0.39 is 58.9 Å². The fourth-order valence-corrected chi connectivity index (χ4v) is 9.58. The summed E-state index contributed by atoms with van der Waals surface area (Å²) in [7, 11) is 0. The normalized spacial score (nSPS) is 36.4. The van der Waals surface area contributed by atoms with Crippen molar-refractivity contribution >= 4 is 66.5 Å². The van der Waals surface area contributed by atoms with Crippen LogP contribution in [0.5, 0.6) is 0 Å². The minimum atomic E-state index is -1.22. The van der Waals surface area contributed by atoms with E-state index in [0.29, 0.717) is 16.4 Å². The van der Waals surface area contributed by atoms with Crippen molar-refractivity contribution in [2.45, 2.75) is 127 Å². The zero-order valence-corrected chi connectivity index (χ0v) is 35.2. The van der Waals surface area contributed by atoms with E-state index in [0.717, 1.165) is 8.95 Å². The molecule has 0 bridgehead atoms. The Labute approximate surface area is 331 Å². The van der Waals surface area contributed by atoms with Gasteiger partial charge in [0.15, 0.2) is 23.1 Å². The zero-order valence-electron chi connectivity index (χ0n) is 30.4. The molecule has 6 fully saturated rings. The molecule has 8 atom stereocenters. The molecule has 0 saturated carbocycles. The van der Waals surface area contributed by atoms with Gasteiger partial charge in [0.2, 0.25) is 11.6 Å². The fraction of sp³-hybridized carbons (Fsp3) is 0.706. The molecule has 2 aromatic rings. The van der Waals surface area contributed by atoms with Crippen molar-refractivity contribution in [1.82, 2.24) is 0 Å². The van der Waals surface area contributed by atoms with Crippen molar-refractivity contribution in [3.05, 3.63) is 41.6 Å². The summed E-state index contributed by atoms with van der Waals surface area (Å²) in [6.07, 6.45) is -2.16. The minimum absolute atomic E-state index is 0.0948. The van der Waals surface area contributed by atoms with E-state index in [4.69, 9.17) is 57.2 Å². The molecule has 6 saturated heterocycles. The summed E-state index contributed by atoms with van der Waals surface area (Å²) in [5.74, 6) is -6.77. The maximum atomic E-state index is 12.3. The first-order chi connectivity index (χ1) is 24.6. The molecule has 0 unspecified atom stereocenters. The number of carbonyl (C=O) groups is 2. The number of ether oxygens (including phenoxy) is 11. The van der Waals surface area contributed by atoms with Gasteiger partial charge in [0.05, 0.1) is 13.2 Å². The molecule has 2 N–H and O–H groups in total. The maximum Gasteiger partial charge on any atom is 0.348 e. The van der Waals surface area contributed by atoms with Gasteiger partial charge in [-0.3, -0.25) is 0 Å². The van der Waals surface area contributed by atoms with E-state index in [1.807, 2.05) is 33.1 Å². The number of carboxylic acid groups (broad SMARTS) is 1. The third kappa shape index (κ3) is 9.05. The topological polar surface area (TPSA) is 176 Å². The van der Waals surface area contributed by atoms with Crippen LogP contribution in [0.15, 0.2) is 31.8 Å². The number of aromatic carboxylic acids is 1. The SMILES string of the molecule is CC1(C)O[C@@H]2[C@@H](CO[C@@]3(CO)OC(C)(C)O[C@@H]23)O1.CC1(C)O[C@@H]2[C@@H](CO[C@@]3(COC(=O)c4cc(Br)cs4)OC(C)(C)O[C@@H]23)O1.O=C(O)c1cc(Br)cs1. The number of hydrogen-bond acceptors (Lipinski definition) is 16. The van der Waals surface area contributed by atoms with Gasteiger partial charge in [0.25, 0.3) is 0 Å². The zero-order chi connectivity index (χ0) is 38.8. The highest BCUT2D eigenvalue weighted by Crippen LogP contribution is 2.49. The minimum Gasteiger partial charge on any atom is -0.477 e. The van der Waals surface area contributed by atoms with Crippen LogP contribution in [-0.4, -0.2) is 120 Å². The molecular weight excluding hydrogens is 872 g/mol. The predicted molar refractivity (Wildman–Crippen MR) is 193 cm³/mol. The average molecular weight is 917 g/mol. The second-order valence-corrected chi connectivity index (χ2v) is 18.6. The molecule has 0 aromatic carbocycles. The number of rotatable bonds is 5. The van der Waals surface area contributed by atoms with Gasteiger partial charge in [0, 0.05) is 19.7 Å². The van der Waals surface area contributed by atoms with Gasteiger partial charge in [-0.25, -0.2) is 9.59 Å². The lowest BCUT2D eigenvalue weighted by molar-refractivity contribution is -0.294. The summed E-state index contributed by atoms with van der Waals surface area (Å²) in [5, 5.41) is 21.6. The summed E-state index contributed by atoms with van der Waals surface area (Å²) < 4.78 is 66.0. The maximum absolute atomic E-state index is 12.3. The van der Waals surface area contributed by atoms with Crippen LogP contribution in [0.1, 0.15) is 74.7 Å². The molecule has 8 rings (SSSR count). The number of esters is 1. The summed E-state index contributed by atoms with van der Waals surface area (Å²) in [5.41, 5.74) is 0. The fourth-order valence-electron chi connectivity index (χ4n) is 6.99. The van der Waals surface area contributed by atoms with Gasteiger partial charge < -0.3 is 62.3 Å². The summed E-state index contributed by atoms with van der Waals surface area (Å²) in [4.78, 5) is 23.4. The molecule has 8 heterocycles. The number of thiophene rings is 2. The molecule has 2 aromatic heterocycles. The van der Waals surface area contributed by atoms with Crippen LogP contribution in [0.3, 0.4) is 0 Å². The van der Waals surface area contributed by atoms with E-state index in [1.54, 1.807) is 45.2 Å². The lowest BCUT2D eigenvalue weighted by atomic mass is 9.97. The molecule has 15 nitrogen and oxygen atoms in total. The largest absolute Gasteiger partial charge is 0.477 e. The first kappa shape index (κ1) is 41.5. The highest BCUT2D eigenvalue weighted by molar-refractivity contribution is 9.10. The monoisotopic (exact) mass is 914 g/mol. The molecule has 296 valence electrons. The molecule has 6 aliphatic rings. The van der Waals surface area contributed by atoms with Crippen LogP contribution in [-0.2, 0) is 52.1 Å². The van der Waals surface area contributed by atoms with Crippen molar-refractivity contribution in [2.75, 3.05) is 26.4 Å². The summed E-state index contributed by atoms with van der Waals surface area (Å²) in [6.45, 7) is 14.8. The second-order valence-electron chi connectivity index (χ2n) is 14.9. The van der Waals surface area contributed by atoms with Crippen molar-refractivity contribution in [3.63, 3.8) is 0 Å². The lowest BCUT2D eigenvalue weighted by Crippen LogP contribution is -2.60. The number of hydrogen-bond donors (Lipinski definition) is 2. The number of halogens is 2. The van der Waals surface area contributed by atoms with Crippen LogP contribution in [0.2, 0.25) is 0 Å². The molecule has 6 aliphatic heterocycles. The molecule has 0 aliphatic carbocycles. The van der Waals surface area contributed by atoms with Crippen LogP contribution in [0, 0.1) is 0 Å². The van der Waals surface area contributed by atoms with Gasteiger partial charge in [-0.1, -0.05) is 0 Å². The Balaban J connectivity index is 0.000000153. The van der Waals surface area contributed by atoms with Gasteiger partial charge in [-0.2, -0.15) is 0 Å². The van der Waals surface area contributed by atoms with E-state index in [-0.39, 0.29) is 44.2 Å². The van der Waals surface area contributed by atoms with Crippen molar-refractivity contribution in [1.29, 1.82) is 0 Å². The Morgan fingerprint density at radius 3 is 1.60 bits per heavy atom.